The lowest BCUT2D eigenvalue weighted by Gasteiger charge is -2.23. The number of rotatable bonds is 6. The molecular weight excluding hydrogens is 357 g/mol. The van der Waals surface area contributed by atoms with Gasteiger partial charge >= 0.3 is 11.9 Å². The molecule has 0 fully saturated rings. The highest BCUT2D eigenvalue weighted by Gasteiger charge is 2.25. The second-order valence-electron chi connectivity index (χ2n) is 6.43. The lowest BCUT2D eigenvalue weighted by Crippen LogP contribution is -2.39. The van der Waals surface area contributed by atoms with Crippen molar-refractivity contribution in [1.82, 2.24) is 0 Å². The van der Waals surface area contributed by atoms with Gasteiger partial charge in [0.15, 0.2) is 0 Å². The number of aliphatic hydroxyl groups is 1. The molecule has 0 heterocycles. The minimum absolute atomic E-state index is 0.00351. The van der Waals surface area contributed by atoms with E-state index in [-0.39, 0.29) is 28.5 Å². The number of ether oxygens (including phenoxy) is 1. The standard InChI is InChI=1S/C16H21Cl2NO5/c1-16(2,3)24-12(21)7-10(19)11(20)6-8-4-5-9(17)13(14(8)18)15(22)23/h4-5,10-11,20H,6-7,19H2,1-3H3,(H,22,23). The molecular formula is C16H21Cl2NO5. The smallest absolute Gasteiger partial charge is 0.338 e. The Morgan fingerprint density at radius 2 is 1.88 bits per heavy atom. The summed E-state index contributed by atoms with van der Waals surface area (Å²) in [6.45, 7) is 5.19. The second kappa shape index (κ2) is 8.16. The van der Waals surface area contributed by atoms with E-state index in [1.807, 2.05) is 0 Å². The number of hydrogen-bond donors (Lipinski definition) is 3. The van der Waals surface area contributed by atoms with Crippen LogP contribution in [0.3, 0.4) is 0 Å². The zero-order valence-corrected chi connectivity index (χ0v) is 15.2. The van der Waals surface area contributed by atoms with Gasteiger partial charge in [-0.05, 0) is 32.4 Å². The third kappa shape index (κ3) is 5.94. The average molecular weight is 378 g/mol. The highest BCUT2D eigenvalue weighted by atomic mass is 35.5. The molecule has 0 amide bonds. The first-order valence-electron chi connectivity index (χ1n) is 7.28. The van der Waals surface area contributed by atoms with Crippen LogP contribution in [0.5, 0.6) is 0 Å². The first-order chi connectivity index (χ1) is 10.9. The molecule has 1 aromatic carbocycles. The maximum atomic E-state index is 11.7. The van der Waals surface area contributed by atoms with E-state index in [9.17, 15) is 14.7 Å². The Morgan fingerprint density at radius 1 is 1.29 bits per heavy atom. The lowest BCUT2D eigenvalue weighted by molar-refractivity contribution is -0.155. The number of halogens is 2. The van der Waals surface area contributed by atoms with Crippen LogP contribution in [-0.4, -0.2) is 39.9 Å². The fourth-order valence-corrected chi connectivity index (χ4v) is 2.65. The Bertz CT molecular complexity index is 628. The van der Waals surface area contributed by atoms with Gasteiger partial charge < -0.3 is 20.7 Å². The van der Waals surface area contributed by atoms with Gasteiger partial charge in [0.05, 0.1) is 28.1 Å². The number of carbonyl (C=O) groups excluding carboxylic acids is 1. The summed E-state index contributed by atoms with van der Waals surface area (Å²) in [6, 6.07) is 2.03. The molecule has 0 saturated heterocycles. The molecule has 134 valence electrons. The third-order valence-electron chi connectivity index (χ3n) is 3.13. The van der Waals surface area contributed by atoms with Crippen molar-refractivity contribution in [2.75, 3.05) is 0 Å². The third-order valence-corrected chi connectivity index (χ3v) is 3.88. The highest BCUT2D eigenvalue weighted by Crippen LogP contribution is 2.29. The van der Waals surface area contributed by atoms with Crippen molar-refractivity contribution in [2.45, 2.75) is 51.4 Å². The zero-order valence-electron chi connectivity index (χ0n) is 13.7. The van der Waals surface area contributed by atoms with E-state index >= 15 is 0 Å². The van der Waals surface area contributed by atoms with Crippen LogP contribution < -0.4 is 5.73 Å². The van der Waals surface area contributed by atoms with Gasteiger partial charge in [0.1, 0.15) is 5.60 Å². The number of hydrogen-bond acceptors (Lipinski definition) is 5. The van der Waals surface area contributed by atoms with Gasteiger partial charge in [0.2, 0.25) is 0 Å². The van der Waals surface area contributed by atoms with Crippen molar-refractivity contribution < 1.29 is 24.5 Å². The molecule has 0 saturated carbocycles. The second-order valence-corrected chi connectivity index (χ2v) is 7.21. The SMILES string of the molecule is CC(C)(C)OC(=O)CC(N)C(O)Cc1ccc(Cl)c(C(=O)O)c1Cl. The van der Waals surface area contributed by atoms with Crippen LogP contribution in [0.25, 0.3) is 0 Å². The van der Waals surface area contributed by atoms with Crippen LogP contribution in [0.4, 0.5) is 0 Å². The number of aromatic carboxylic acids is 1. The fourth-order valence-electron chi connectivity index (χ4n) is 2.04. The van der Waals surface area contributed by atoms with Crippen LogP contribution in [0, 0.1) is 0 Å². The summed E-state index contributed by atoms with van der Waals surface area (Å²) in [4.78, 5) is 22.9. The van der Waals surface area contributed by atoms with E-state index < -0.39 is 29.7 Å². The molecule has 1 rings (SSSR count). The van der Waals surface area contributed by atoms with Crippen LogP contribution in [0.1, 0.15) is 43.1 Å². The van der Waals surface area contributed by atoms with Crippen LogP contribution >= 0.6 is 23.2 Å². The Labute approximate surface area is 150 Å². The molecule has 24 heavy (non-hydrogen) atoms. The topological polar surface area (TPSA) is 110 Å². The zero-order chi connectivity index (χ0) is 18.7. The van der Waals surface area contributed by atoms with Crippen molar-refractivity contribution in [2.24, 2.45) is 5.73 Å². The predicted octanol–water partition coefficient (Wildman–Crippen LogP) is 2.65. The molecule has 0 aliphatic carbocycles. The first kappa shape index (κ1) is 20.7. The molecule has 4 N–H and O–H groups in total. The van der Waals surface area contributed by atoms with Crippen molar-refractivity contribution in [3.63, 3.8) is 0 Å². The normalized spacial score (nSPS) is 14.1. The van der Waals surface area contributed by atoms with Crippen molar-refractivity contribution in [1.29, 1.82) is 0 Å². The minimum atomic E-state index is -1.26. The molecule has 0 aliphatic rings. The van der Waals surface area contributed by atoms with E-state index in [0.29, 0.717) is 5.56 Å². The summed E-state index contributed by atoms with van der Waals surface area (Å²) in [6.07, 6.45) is -1.28. The van der Waals surface area contributed by atoms with E-state index in [1.165, 1.54) is 12.1 Å². The van der Waals surface area contributed by atoms with E-state index in [0.717, 1.165) is 0 Å². The summed E-state index contributed by atoms with van der Waals surface area (Å²) in [5.41, 5.74) is 5.33. The molecule has 0 aromatic heterocycles. The Hall–Kier alpha value is -1.34. The fraction of sp³-hybridized carbons (Fsp3) is 0.500. The number of benzene rings is 1. The van der Waals surface area contributed by atoms with Gasteiger partial charge in [-0.2, -0.15) is 0 Å². The van der Waals surface area contributed by atoms with Gasteiger partial charge in [-0.3, -0.25) is 4.79 Å². The molecule has 1 aromatic rings. The van der Waals surface area contributed by atoms with Crippen molar-refractivity contribution >= 4 is 35.1 Å². The molecule has 8 heteroatoms. The molecule has 0 spiro atoms. The summed E-state index contributed by atoms with van der Waals surface area (Å²) in [5, 5.41) is 19.2. The first-order valence-corrected chi connectivity index (χ1v) is 8.03. The largest absolute Gasteiger partial charge is 0.478 e. The average Bonchev–Trinajstić information content (AvgIpc) is 2.39. The van der Waals surface area contributed by atoms with Gasteiger partial charge in [0.25, 0.3) is 0 Å². The van der Waals surface area contributed by atoms with Crippen molar-refractivity contribution in [3.05, 3.63) is 33.3 Å². The number of esters is 1. The molecule has 0 aliphatic heterocycles. The number of nitrogens with two attached hydrogens (primary N) is 1. The molecule has 6 nitrogen and oxygen atoms in total. The molecule has 0 radical (unpaired) electrons. The summed E-state index contributed by atoms with van der Waals surface area (Å²) >= 11 is 11.9. The Morgan fingerprint density at radius 3 is 2.38 bits per heavy atom. The summed E-state index contributed by atoms with van der Waals surface area (Å²) < 4.78 is 5.15. The quantitative estimate of drug-likeness (QED) is 0.657. The summed E-state index contributed by atoms with van der Waals surface area (Å²) in [5.74, 6) is -1.79. The van der Waals surface area contributed by atoms with E-state index in [4.69, 9.17) is 38.8 Å². The Balaban J connectivity index is 2.81. The van der Waals surface area contributed by atoms with Crippen LogP contribution in [-0.2, 0) is 16.0 Å². The minimum Gasteiger partial charge on any atom is -0.478 e. The predicted molar refractivity (Wildman–Crippen MR) is 91.6 cm³/mol. The van der Waals surface area contributed by atoms with Crippen LogP contribution in [0.15, 0.2) is 12.1 Å². The maximum Gasteiger partial charge on any atom is 0.338 e. The van der Waals surface area contributed by atoms with Crippen molar-refractivity contribution in [3.8, 4) is 0 Å². The molecule has 2 atom stereocenters. The number of aliphatic hydroxyl groups excluding tert-OH is 1. The van der Waals surface area contributed by atoms with E-state index in [2.05, 4.69) is 0 Å². The van der Waals surface area contributed by atoms with Gasteiger partial charge in [-0.1, -0.05) is 29.3 Å². The Kier molecular flexibility index (Phi) is 7.04. The maximum absolute atomic E-state index is 11.7. The summed E-state index contributed by atoms with van der Waals surface area (Å²) in [7, 11) is 0. The molecule has 0 bridgehead atoms. The van der Waals surface area contributed by atoms with Gasteiger partial charge in [0, 0.05) is 12.5 Å². The number of carboxylic acid groups (broad SMARTS) is 1. The lowest BCUT2D eigenvalue weighted by atomic mass is 9.99. The van der Waals surface area contributed by atoms with Gasteiger partial charge in [-0.25, -0.2) is 4.79 Å². The number of carbonyl (C=O) groups is 2. The monoisotopic (exact) mass is 377 g/mol. The van der Waals surface area contributed by atoms with Crippen LogP contribution in [0.2, 0.25) is 10.0 Å². The van der Waals surface area contributed by atoms with Gasteiger partial charge in [-0.15, -0.1) is 0 Å². The molecule has 2 unspecified atom stereocenters. The van der Waals surface area contributed by atoms with E-state index in [1.54, 1.807) is 20.8 Å². The highest BCUT2D eigenvalue weighted by molar-refractivity contribution is 6.39. The number of carboxylic acids is 1.